The number of alkyl halides is 1. The number of anilines is 1. The van der Waals surface area contributed by atoms with Crippen molar-refractivity contribution in [3.8, 4) is 5.75 Å². The lowest BCUT2D eigenvalue weighted by molar-refractivity contribution is -0.116. The van der Waals surface area contributed by atoms with Gasteiger partial charge in [0.15, 0.2) is 0 Å². The summed E-state index contributed by atoms with van der Waals surface area (Å²) in [6.07, 6.45) is 5.95. The van der Waals surface area contributed by atoms with E-state index < -0.39 is 0 Å². The van der Waals surface area contributed by atoms with Crippen LogP contribution >= 0.6 is 11.6 Å². The van der Waals surface area contributed by atoms with Crippen LogP contribution in [0.3, 0.4) is 0 Å². The number of benzene rings is 1. The standard InChI is InChI=1S/C16H24ClNO2/c1-2-3-4-5-13-20-15-10-8-14(9-11-15)18-16(19)7-6-12-17/h8-11H,2-7,12-13H2,1H3,(H,18,19). The van der Waals surface area contributed by atoms with Gasteiger partial charge in [0.1, 0.15) is 5.75 Å². The van der Waals surface area contributed by atoms with E-state index in [1.165, 1.54) is 19.3 Å². The molecule has 0 aliphatic heterocycles. The lowest BCUT2D eigenvalue weighted by Gasteiger charge is -2.08. The second kappa shape index (κ2) is 10.6. The fourth-order valence-electron chi connectivity index (χ4n) is 1.80. The minimum absolute atomic E-state index is 0.00103. The number of hydrogen-bond donors (Lipinski definition) is 1. The SMILES string of the molecule is CCCCCCOc1ccc(NC(=O)CCCCl)cc1. The highest BCUT2D eigenvalue weighted by Crippen LogP contribution is 2.16. The van der Waals surface area contributed by atoms with Gasteiger partial charge in [-0.25, -0.2) is 0 Å². The first kappa shape index (κ1) is 16.8. The molecule has 0 aliphatic carbocycles. The molecule has 4 heteroatoms. The van der Waals surface area contributed by atoms with Gasteiger partial charge in [0.05, 0.1) is 6.61 Å². The lowest BCUT2D eigenvalue weighted by Crippen LogP contribution is -2.11. The molecular formula is C16H24ClNO2. The largest absolute Gasteiger partial charge is 0.494 e. The zero-order chi connectivity index (χ0) is 14.6. The maximum atomic E-state index is 11.5. The van der Waals surface area contributed by atoms with Gasteiger partial charge in [0.25, 0.3) is 0 Å². The maximum Gasteiger partial charge on any atom is 0.224 e. The highest BCUT2D eigenvalue weighted by molar-refractivity contribution is 6.18. The molecule has 0 atom stereocenters. The number of amides is 1. The number of hydrogen-bond acceptors (Lipinski definition) is 2. The second-order valence-corrected chi connectivity index (χ2v) is 5.15. The fourth-order valence-corrected chi connectivity index (χ4v) is 1.94. The summed E-state index contributed by atoms with van der Waals surface area (Å²) >= 11 is 5.55. The maximum absolute atomic E-state index is 11.5. The molecule has 20 heavy (non-hydrogen) atoms. The third-order valence-corrected chi connectivity index (χ3v) is 3.21. The molecule has 0 aromatic heterocycles. The molecule has 1 aromatic rings. The summed E-state index contributed by atoms with van der Waals surface area (Å²) in [6.45, 7) is 2.95. The van der Waals surface area contributed by atoms with Crippen LogP contribution in [0.4, 0.5) is 5.69 Å². The van der Waals surface area contributed by atoms with Gasteiger partial charge in [-0.1, -0.05) is 26.2 Å². The van der Waals surface area contributed by atoms with E-state index in [4.69, 9.17) is 16.3 Å². The van der Waals surface area contributed by atoms with Crippen LogP contribution in [0.25, 0.3) is 0 Å². The molecule has 0 saturated carbocycles. The molecule has 0 saturated heterocycles. The van der Waals surface area contributed by atoms with Gasteiger partial charge in [0.2, 0.25) is 5.91 Å². The van der Waals surface area contributed by atoms with E-state index in [1.807, 2.05) is 24.3 Å². The number of carbonyl (C=O) groups excluding carboxylic acids is 1. The number of unbranched alkanes of at least 4 members (excludes halogenated alkanes) is 3. The average Bonchev–Trinajstić information content (AvgIpc) is 2.46. The molecule has 1 rings (SSSR count). The van der Waals surface area contributed by atoms with E-state index in [-0.39, 0.29) is 5.91 Å². The van der Waals surface area contributed by atoms with Gasteiger partial charge < -0.3 is 10.1 Å². The van der Waals surface area contributed by atoms with Crippen molar-refractivity contribution in [3.63, 3.8) is 0 Å². The Hall–Kier alpha value is -1.22. The summed E-state index contributed by atoms with van der Waals surface area (Å²) in [6, 6.07) is 7.49. The Morgan fingerprint density at radius 3 is 2.55 bits per heavy atom. The quantitative estimate of drug-likeness (QED) is 0.506. The van der Waals surface area contributed by atoms with Crippen LogP contribution in [0.15, 0.2) is 24.3 Å². The topological polar surface area (TPSA) is 38.3 Å². The smallest absolute Gasteiger partial charge is 0.224 e. The minimum Gasteiger partial charge on any atom is -0.494 e. The Morgan fingerprint density at radius 2 is 1.90 bits per heavy atom. The normalized spacial score (nSPS) is 10.3. The van der Waals surface area contributed by atoms with Crippen molar-refractivity contribution in [2.45, 2.75) is 45.4 Å². The Balaban J connectivity index is 2.27. The molecule has 1 amide bonds. The summed E-state index contributed by atoms with van der Waals surface area (Å²) in [4.78, 5) is 11.5. The van der Waals surface area contributed by atoms with Crippen molar-refractivity contribution >= 4 is 23.2 Å². The summed E-state index contributed by atoms with van der Waals surface area (Å²) < 4.78 is 5.65. The number of rotatable bonds is 10. The first-order valence-corrected chi connectivity index (χ1v) is 7.88. The zero-order valence-electron chi connectivity index (χ0n) is 12.2. The van der Waals surface area contributed by atoms with Crippen molar-refractivity contribution in [2.75, 3.05) is 17.8 Å². The first-order valence-electron chi connectivity index (χ1n) is 7.35. The van der Waals surface area contributed by atoms with Gasteiger partial charge in [0, 0.05) is 18.0 Å². The van der Waals surface area contributed by atoms with Crippen molar-refractivity contribution in [2.24, 2.45) is 0 Å². The van der Waals surface area contributed by atoms with Gasteiger partial charge >= 0.3 is 0 Å². The summed E-state index contributed by atoms with van der Waals surface area (Å²) in [5, 5.41) is 2.83. The van der Waals surface area contributed by atoms with E-state index in [1.54, 1.807) is 0 Å². The minimum atomic E-state index is -0.00103. The van der Waals surface area contributed by atoms with Crippen LogP contribution in [0.1, 0.15) is 45.4 Å². The van der Waals surface area contributed by atoms with E-state index in [0.717, 1.165) is 24.5 Å². The second-order valence-electron chi connectivity index (χ2n) is 4.77. The Bertz CT molecular complexity index is 379. The van der Waals surface area contributed by atoms with E-state index in [9.17, 15) is 4.79 Å². The fraction of sp³-hybridized carbons (Fsp3) is 0.562. The molecule has 0 aliphatic rings. The van der Waals surface area contributed by atoms with Crippen LogP contribution in [0.2, 0.25) is 0 Å². The monoisotopic (exact) mass is 297 g/mol. The third-order valence-electron chi connectivity index (χ3n) is 2.94. The molecule has 0 bridgehead atoms. The van der Waals surface area contributed by atoms with Gasteiger partial charge in [-0.05, 0) is 37.1 Å². The molecule has 1 aromatic carbocycles. The van der Waals surface area contributed by atoms with Crippen LogP contribution in [0.5, 0.6) is 5.75 Å². The third kappa shape index (κ3) is 7.39. The number of carbonyl (C=O) groups is 1. The van der Waals surface area contributed by atoms with Gasteiger partial charge in [-0.15, -0.1) is 11.6 Å². The molecule has 0 unspecified atom stereocenters. The molecule has 3 nitrogen and oxygen atoms in total. The van der Waals surface area contributed by atoms with Crippen LogP contribution in [-0.4, -0.2) is 18.4 Å². The highest BCUT2D eigenvalue weighted by Gasteiger charge is 2.02. The molecule has 112 valence electrons. The van der Waals surface area contributed by atoms with E-state index in [0.29, 0.717) is 18.7 Å². The Labute approximate surface area is 126 Å². The molecule has 0 fully saturated rings. The summed E-state index contributed by atoms with van der Waals surface area (Å²) in [7, 11) is 0. The number of nitrogens with one attached hydrogen (secondary N) is 1. The molecule has 0 heterocycles. The molecular weight excluding hydrogens is 274 g/mol. The highest BCUT2D eigenvalue weighted by atomic mass is 35.5. The van der Waals surface area contributed by atoms with Gasteiger partial charge in [-0.3, -0.25) is 4.79 Å². The van der Waals surface area contributed by atoms with Crippen molar-refractivity contribution in [1.29, 1.82) is 0 Å². The predicted molar refractivity (Wildman–Crippen MR) is 84.7 cm³/mol. The average molecular weight is 298 g/mol. The van der Waals surface area contributed by atoms with Crippen molar-refractivity contribution in [3.05, 3.63) is 24.3 Å². The Morgan fingerprint density at radius 1 is 1.15 bits per heavy atom. The first-order chi connectivity index (χ1) is 9.76. The van der Waals surface area contributed by atoms with Gasteiger partial charge in [-0.2, -0.15) is 0 Å². The van der Waals surface area contributed by atoms with E-state index in [2.05, 4.69) is 12.2 Å². The Kier molecular flexibility index (Phi) is 8.88. The summed E-state index contributed by atoms with van der Waals surface area (Å²) in [5.74, 6) is 1.36. The van der Waals surface area contributed by atoms with Crippen LogP contribution in [-0.2, 0) is 4.79 Å². The predicted octanol–water partition coefficient (Wildman–Crippen LogP) is 4.60. The van der Waals surface area contributed by atoms with Crippen LogP contribution in [0, 0.1) is 0 Å². The van der Waals surface area contributed by atoms with Crippen molar-refractivity contribution in [1.82, 2.24) is 0 Å². The molecule has 0 radical (unpaired) electrons. The molecule has 0 spiro atoms. The lowest BCUT2D eigenvalue weighted by atomic mass is 10.2. The molecule has 1 N–H and O–H groups in total. The van der Waals surface area contributed by atoms with E-state index >= 15 is 0 Å². The summed E-state index contributed by atoms with van der Waals surface area (Å²) in [5.41, 5.74) is 0.794. The number of ether oxygens (including phenoxy) is 1. The van der Waals surface area contributed by atoms with Crippen molar-refractivity contribution < 1.29 is 9.53 Å². The number of halogens is 1. The zero-order valence-corrected chi connectivity index (χ0v) is 12.9. The van der Waals surface area contributed by atoms with Crippen LogP contribution < -0.4 is 10.1 Å².